The van der Waals surface area contributed by atoms with Crippen LogP contribution < -0.4 is 11.2 Å². The number of anilines is 1. The Labute approximate surface area is 257 Å². The second-order valence-electron chi connectivity index (χ2n) is 10.8. The van der Waals surface area contributed by atoms with E-state index in [9.17, 15) is 18.4 Å². The zero-order valence-corrected chi connectivity index (χ0v) is 24.4. The zero-order chi connectivity index (χ0) is 31.3. The third-order valence-electron chi connectivity index (χ3n) is 7.67. The Morgan fingerprint density at radius 2 is 1.69 bits per heavy atom. The SMILES string of the molecule is Nc1ncc(-c2cnn(C[C@H]3COCCO3)c2)cc1-c1ccc(CC(=O)c2cn(CCF)cc(-c3ccc(F)cc3)c2=O)cc1. The number of carbonyl (C=O) groups is 1. The summed E-state index contributed by atoms with van der Waals surface area (Å²) in [7, 11) is 0. The largest absolute Gasteiger partial charge is 0.383 e. The predicted octanol–water partition coefficient (Wildman–Crippen LogP) is 4.97. The molecule has 5 aromatic rings. The molecular formula is C34H31F2N5O4. The number of aromatic nitrogens is 4. The summed E-state index contributed by atoms with van der Waals surface area (Å²) in [6, 6.07) is 14.6. The number of benzene rings is 2. The van der Waals surface area contributed by atoms with Gasteiger partial charge in [-0.2, -0.15) is 5.10 Å². The Kier molecular flexibility index (Phi) is 8.90. The first kappa shape index (κ1) is 30.0. The monoisotopic (exact) mass is 611 g/mol. The van der Waals surface area contributed by atoms with Crippen molar-refractivity contribution >= 4 is 11.6 Å². The van der Waals surface area contributed by atoms with E-state index in [-0.39, 0.29) is 30.2 Å². The van der Waals surface area contributed by atoms with Gasteiger partial charge in [0.2, 0.25) is 0 Å². The Hall–Kier alpha value is -5.00. The molecule has 1 saturated heterocycles. The second kappa shape index (κ2) is 13.3. The minimum absolute atomic E-state index is 0.0251. The number of hydrogen-bond acceptors (Lipinski definition) is 7. The van der Waals surface area contributed by atoms with Crippen molar-refractivity contribution in [3.8, 4) is 33.4 Å². The molecule has 2 aromatic carbocycles. The number of ketones is 1. The topological polar surface area (TPSA) is 114 Å². The lowest BCUT2D eigenvalue weighted by atomic mass is 9.97. The number of carbonyl (C=O) groups excluding carboxylic acids is 1. The maximum Gasteiger partial charge on any atom is 0.200 e. The van der Waals surface area contributed by atoms with Crippen LogP contribution in [-0.2, 0) is 29.0 Å². The minimum Gasteiger partial charge on any atom is -0.383 e. The maximum absolute atomic E-state index is 13.5. The van der Waals surface area contributed by atoms with E-state index in [2.05, 4.69) is 10.1 Å². The van der Waals surface area contributed by atoms with E-state index in [1.165, 1.54) is 41.2 Å². The Balaban J connectivity index is 1.20. The molecule has 0 amide bonds. The normalized spacial score (nSPS) is 14.8. The summed E-state index contributed by atoms with van der Waals surface area (Å²) < 4.78 is 41.2. The first-order chi connectivity index (χ1) is 21.9. The van der Waals surface area contributed by atoms with E-state index in [0.29, 0.717) is 43.3 Å². The van der Waals surface area contributed by atoms with E-state index < -0.39 is 23.7 Å². The molecule has 0 spiro atoms. The summed E-state index contributed by atoms with van der Waals surface area (Å²) in [6.07, 6.45) is 8.16. The third kappa shape index (κ3) is 6.89. The zero-order valence-electron chi connectivity index (χ0n) is 24.4. The van der Waals surface area contributed by atoms with Crippen molar-refractivity contribution in [2.24, 2.45) is 0 Å². The first-order valence-electron chi connectivity index (χ1n) is 14.5. The smallest absolute Gasteiger partial charge is 0.200 e. The molecule has 11 heteroatoms. The van der Waals surface area contributed by atoms with Crippen LogP contribution in [0.2, 0.25) is 0 Å². The highest BCUT2D eigenvalue weighted by molar-refractivity contribution is 5.98. The predicted molar refractivity (Wildman–Crippen MR) is 166 cm³/mol. The first-order valence-corrected chi connectivity index (χ1v) is 14.5. The summed E-state index contributed by atoms with van der Waals surface area (Å²) in [4.78, 5) is 31.1. The van der Waals surface area contributed by atoms with Crippen LogP contribution in [0.25, 0.3) is 33.4 Å². The van der Waals surface area contributed by atoms with Crippen LogP contribution in [0.4, 0.5) is 14.6 Å². The van der Waals surface area contributed by atoms with Gasteiger partial charge in [0, 0.05) is 53.5 Å². The summed E-state index contributed by atoms with van der Waals surface area (Å²) in [5.74, 6) is -0.501. The van der Waals surface area contributed by atoms with E-state index in [1.807, 2.05) is 29.1 Å². The Bertz CT molecular complexity index is 1860. The molecular weight excluding hydrogens is 580 g/mol. The van der Waals surface area contributed by atoms with Crippen molar-refractivity contribution in [1.29, 1.82) is 0 Å². The van der Waals surface area contributed by atoms with Gasteiger partial charge in [0.1, 0.15) is 24.4 Å². The number of hydrogen-bond donors (Lipinski definition) is 1. The molecule has 0 aliphatic carbocycles. The van der Waals surface area contributed by atoms with Crippen molar-refractivity contribution in [2.75, 3.05) is 32.2 Å². The van der Waals surface area contributed by atoms with Gasteiger partial charge < -0.3 is 19.8 Å². The van der Waals surface area contributed by atoms with Crippen molar-refractivity contribution in [3.05, 3.63) is 113 Å². The highest BCUT2D eigenvalue weighted by atomic mass is 19.1. The van der Waals surface area contributed by atoms with Crippen LogP contribution in [0.3, 0.4) is 0 Å². The number of rotatable bonds is 10. The number of Topliss-reactive ketones (excluding diaryl/α,β-unsaturated/α-hetero) is 1. The van der Waals surface area contributed by atoms with Gasteiger partial charge in [-0.1, -0.05) is 36.4 Å². The van der Waals surface area contributed by atoms with E-state index in [0.717, 1.165) is 22.3 Å². The summed E-state index contributed by atoms with van der Waals surface area (Å²) >= 11 is 0. The van der Waals surface area contributed by atoms with Gasteiger partial charge in [-0.25, -0.2) is 13.8 Å². The molecule has 1 atom stereocenters. The molecule has 1 aliphatic heterocycles. The molecule has 1 fully saturated rings. The molecule has 4 heterocycles. The van der Waals surface area contributed by atoms with Gasteiger partial charge in [0.05, 0.1) is 44.7 Å². The highest BCUT2D eigenvalue weighted by Crippen LogP contribution is 2.30. The molecule has 6 rings (SSSR count). The quantitative estimate of drug-likeness (QED) is 0.222. The molecule has 0 saturated carbocycles. The minimum atomic E-state index is -0.673. The van der Waals surface area contributed by atoms with Gasteiger partial charge in [0.25, 0.3) is 0 Å². The molecule has 0 bridgehead atoms. The van der Waals surface area contributed by atoms with Crippen molar-refractivity contribution in [1.82, 2.24) is 19.3 Å². The van der Waals surface area contributed by atoms with Gasteiger partial charge in [-0.3, -0.25) is 14.3 Å². The van der Waals surface area contributed by atoms with Gasteiger partial charge >= 0.3 is 0 Å². The fourth-order valence-electron chi connectivity index (χ4n) is 5.30. The van der Waals surface area contributed by atoms with Crippen LogP contribution in [0, 0.1) is 5.82 Å². The average Bonchev–Trinajstić information content (AvgIpc) is 3.52. The number of pyridine rings is 2. The number of halogens is 2. The number of nitrogens with two attached hydrogens (primary N) is 1. The molecule has 3 aromatic heterocycles. The molecule has 0 unspecified atom stereocenters. The second-order valence-corrected chi connectivity index (χ2v) is 10.8. The van der Waals surface area contributed by atoms with Crippen LogP contribution in [0.15, 0.2) is 90.4 Å². The van der Waals surface area contributed by atoms with Crippen LogP contribution in [-0.4, -0.2) is 57.7 Å². The Morgan fingerprint density at radius 3 is 2.42 bits per heavy atom. The number of nitrogen functional groups attached to an aromatic ring is 1. The third-order valence-corrected chi connectivity index (χ3v) is 7.67. The average molecular weight is 612 g/mol. The summed E-state index contributed by atoms with van der Waals surface area (Å²) in [5.41, 5.74) is 10.3. The molecule has 0 radical (unpaired) electrons. The van der Waals surface area contributed by atoms with Crippen LogP contribution in [0.1, 0.15) is 15.9 Å². The number of alkyl halides is 1. The van der Waals surface area contributed by atoms with Gasteiger partial charge in [-0.05, 0) is 34.9 Å². The standard InChI is InChI=1S/C34H31F2N5O4/c35-9-10-40-19-30(24-5-7-27(36)8-6-24)33(43)31(20-40)32(42)13-22-1-3-23(4-2-22)29-14-25(15-38-34(29)37)26-16-39-41(17-26)18-28-21-44-11-12-45-28/h1-8,14-17,19-20,28H,9-13,18,21H2,(H2,37,38)/t28-/m0/s1. The molecule has 45 heavy (non-hydrogen) atoms. The number of ether oxygens (including phenoxy) is 2. The van der Waals surface area contributed by atoms with Crippen molar-refractivity contribution < 1.29 is 23.0 Å². The molecule has 230 valence electrons. The lowest BCUT2D eigenvalue weighted by Gasteiger charge is -2.22. The molecule has 1 aliphatic rings. The molecule has 2 N–H and O–H groups in total. The van der Waals surface area contributed by atoms with Gasteiger partial charge in [-0.15, -0.1) is 0 Å². The highest BCUT2D eigenvalue weighted by Gasteiger charge is 2.18. The van der Waals surface area contributed by atoms with Crippen LogP contribution >= 0.6 is 0 Å². The Morgan fingerprint density at radius 1 is 0.933 bits per heavy atom. The van der Waals surface area contributed by atoms with E-state index in [1.54, 1.807) is 24.5 Å². The summed E-state index contributed by atoms with van der Waals surface area (Å²) in [6.45, 7) is 1.59. The van der Waals surface area contributed by atoms with Crippen molar-refractivity contribution in [3.63, 3.8) is 0 Å². The van der Waals surface area contributed by atoms with E-state index >= 15 is 0 Å². The van der Waals surface area contributed by atoms with E-state index in [4.69, 9.17) is 15.2 Å². The fourth-order valence-corrected chi connectivity index (χ4v) is 5.30. The fraction of sp³-hybridized carbons (Fsp3) is 0.235. The number of aryl methyl sites for hydroxylation is 1. The summed E-state index contributed by atoms with van der Waals surface area (Å²) in [5, 5.41) is 4.46. The maximum atomic E-state index is 13.5. The lowest BCUT2D eigenvalue weighted by molar-refractivity contribution is -0.0946. The van der Waals surface area contributed by atoms with Crippen molar-refractivity contribution in [2.45, 2.75) is 25.6 Å². The van der Waals surface area contributed by atoms with Crippen LogP contribution in [0.5, 0.6) is 0 Å². The van der Waals surface area contributed by atoms with Gasteiger partial charge in [0.15, 0.2) is 11.2 Å². The lowest BCUT2D eigenvalue weighted by Crippen LogP contribution is -2.32. The molecule has 9 nitrogen and oxygen atoms in total. The number of nitrogens with zero attached hydrogens (tertiary/aromatic N) is 4.